The van der Waals surface area contributed by atoms with Gasteiger partial charge in [0.25, 0.3) is 14.1 Å². The molecule has 0 bridgehead atoms. The largest absolute Gasteiger partial charge is 0.497 e. The Labute approximate surface area is 300 Å². The highest BCUT2D eigenvalue weighted by molar-refractivity contribution is 7.44. The van der Waals surface area contributed by atoms with Gasteiger partial charge in [0, 0.05) is 18.6 Å². The lowest BCUT2D eigenvalue weighted by atomic mass is 9.80. The quantitative estimate of drug-likeness (QED) is 0.0446. The highest BCUT2D eigenvalue weighted by Gasteiger charge is 2.38. The van der Waals surface area contributed by atoms with Crippen molar-refractivity contribution in [3.63, 3.8) is 0 Å². The first-order valence-corrected chi connectivity index (χ1v) is 17.9. The molecule has 5 rings (SSSR count). The first-order valence-electron chi connectivity index (χ1n) is 16.8. The number of aromatic amines is 1. The molecule has 3 aromatic carbocycles. The van der Waals surface area contributed by atoms with Crippen molar-refractivity contribution in [3.8, 4) is 11.5 Å². The molecule has 0 aliphatic rings. The number of fused-ring (bicyclic) bond motifs is 1. The van der Waals surface area contributed by atoms with Gasteiger partial charge in [0.1, 0.15) is 36.1 Å². The summed E-state index contributed by atoms with van der Waals surface area (Å²) in [6, 6.07) is 25.9. The summed E-state index contributed by atoms with van der Waals surface area (Å²) in [5, 5.41) is 0. The third kappa shape index (κ3) is 8.47. The summed E-state index contributed by atoms with van der Waals surface area (Å²) >= 11 is 0. The molecule has 2 heterocycles. The summed E-state index contributed by atoms with van der Waals surface area (Å²) in [7, 11) is 1.80. The summed E-state index contributed by atoms with van der Waals surface area (Å²) < 4.78 is 34.7. The Morgan fingerprint density at radius 2 is 1.43 bits per heavy atom. The second kappa shape index (κ2) is 17.5. The molecule has 12 nitrogen and oxygen atoms in total. The van der Waals surface area contributed by atoms with Crippen molar-refractivity contribution in [2.24, 2.45) is 0 Å². The monoisotopic (exact) mass is 712 g/mol. The number of H-pyrrole nitrogens is 1. The van der Waals surface area contributed by atoms with E-state index in [-0.39, 0.29) is 49.5 Å². The van der Waals surface area contributed by atoms with Gasteiger partial charge in [0.05, 0.1) is 27.2 Å². The molecule has 0 saturated carbocycles. The fraction of sp³-hybridized carbons (Fsp3) is 0.368. The molecule has 0 radical (unpaired) electrons. The third-order valence-electron chi connectivity index (χ3n) is 8.38. The minimum absolute atomic E-state index is 0.0170. The second-order valence-electron chi connectivity index (χ2n) is 12.2. The number of nitrogens with one attached hydrogen (secondary N) is 1. The lowest BCUT2D eigenvalue weighted by Gasteiger charge is -2.36. The zero-order chi connectivity index (χ0) is 36.4. The highest BCUT2D eigenvalue weighted by atomic mass is 31.2. The van der Waals surface area contributed by atoms with Crippen LogP contribution in [0.25, 0.3) is 16.0 Å². The average Bonchev–Trinajstić information content (AvgIpc) is 3.50. The molecule has 1 unspecified atom stereocenters. The van der Waals surface area contributed by atoms with Gasteiger partial charge in [-0.25, -0.2) is 21.2 Å². The lowest BCUT2D eigenvalue weighted by Crippen LogP contribution is -2.34. The van der Waals surface area contributed by atoms with Crippen molar-refractivity contribution in [1.82, 2.24) is 24.2 Å². The van der Waals surface area contributed by atoms with Gasteiger partial charge in [-0.3, -0.25) is 4.79 Å². The Balaban J connectivity index is 1.55. The van der Waals surface area contributed by atoms with Crippen LogP contribution in [0.2, 0.25) is 0 Å². The number of hydrogen-bond donors (Lipinski definition) is 1. The van der Waals surface area contributed by atoms with E-state index in [4.69, 9.17) is 34.8 Å². The van der Waals surface area contributed by atoms with Crippen LogP contribution in [0, 0.1) is 6.57 Å². The molecule has 0 amide bonds. The Bertz CT molecular complexity index is 1890. The van der Waals surface area contributed by atoms with E-state index in [1.807, 2.05) is 83.4 Å². The summed E-state index contributed by atoms with van der Waals surface area (Å²) in [6.07, 6.45) is 1.37. The van der Waals surface area contributed by atoms with Gasteiger partial charge in [-0.05, 0) is 68.7 Å². The number of ether oxygens (including phenoxy) is 3. The van der Waals surface area contributed by atoms with Crippen LogP contribution >= 0.6 is 8.53 Å². The van der Waals surface area contributed by atoms with Crippen molar-refractivity contribution in [3.05, 3.63) is 129 Å². The predicted octanol–water partition coefficient (Wildman–Crippen LogP) is 6.94. The van der Waals surface area contributed by atoms with E-state index >= 15 is 0 Å². The molecular formula is C38H45N6O6P. The van der Waals surface area contributed by atoms with Crippen LogP contribution in [-0.4, -0.2) is 70.3 Å². The molecule has 5 aromatic rings. The number of aromatic nitrogens is 4. The SMILES string of the molecule is [C-]#[N+]CCOP(OCCn1c(COC(c2ccccc2)(c2ccc(OC)cc2)c2ccc(OC)cc2)nc2c(=O)[nH]cnc21)N(C(C)C)C(C)C. The van der Waals surface area contributed by atoms with E-state index < -0.39 is 14.1 Å². The van der Waals surface area contributed by atoms with Crippen LogP contribution in [-0.2, 0) is 32.5 Å². The molecule has 0 aliphatic heterocycles. The fourth-order valence-corrected chi connectivity index (χ4v) is 7.68. The molecule has 0 aliphatic carbocycles. The van der Waals surface area contributed by atoms with E-state index in [0.717, 1.165) is 16.7 Å². The zero-order valence-corrected chi connectivity index (χ0v) is 30.8. The number of imidazole rings is 1. The van der Waals surface area contributed by atoms with Crippen molar-refractivity contribution >= 4 is 19.7 Å². The van der Waals surface area contributed by atoms with Gasteiger partial charge in [-0.15, -0.1) is 0 Å². The number of benzene rings is 3. The highest BCUT2D eigenvalue weighted by Crippen LogP contribution is 2.46. The Hall–Kier alpha value is -4.63. The molecule has 1 atom stereocenters. The van der Waals surface area contributed by atoms with Gasteiger partial charge in [-0.1, -0.05) is 54.6 Å². The summed E-state index contributed by atoms with van der Waals surface area (Å²) in [6.45, 7) is 16.7. The van der Waals surface area contributed by atoms with Gasteiger partial charge in [0.2, 0.25) is 6.54 Å². The van der Waals surface area contributed by atoms with E-state index in [2.05, 4.69) is 47.2 Å². The smallest absolute Gasteiger partial charge is 0.278 e. The number of methoxy groups -OCH3 is 2. The minimum Gasteiger partial charge on any atom is -0.497 e. The van der Waals surface area contributed by atoms with Crippen LogP contribution in [0.1, 0.15) is 50.2 Å². The first-order chi connectivity index (χ1) is 24.7. The maximum atomic E-state index is 13.0. The first kappa shape index (κ1) is 37.6. The molecular weight excluding hydrogens is 667 g/mol. The normalized spacial score (nSPS) is 12.5. The van der Waals surface area contributed by atoms with Crippen molar-refractivity contribution in [2.45, 2.75) is 58.5 Å². The maximum absolute atomic E-state index is 13.0. The summed E-state index contributed by atoms with van der Waals surface area (Å²) in [4.78, 5) is 28.3. The van der Waals surface area contributed by atoms with Gasteiger partial charge in [0.15, 0.2) is 11.2 Å². The topological polar surface area (TPSA) is 117 Å². The molecule has 13 heteroatoms. The Morgan fingerprint density at radius 1 is 0.863 bits per heavy atom. The molecule has 51 heavy (non-hydrogen) atoms. The molecule has 268 valence electrons. The number of hydrogen-bond acceptors (Lipinski definition) is 9. The summed E-state index contributed by atoms with van der Waals surface area (Å²) in [5.41, 5.74) is 1.81. The lowest BCUT2D eigenvalue weighted by molar-refractivity contribution is -0.00456. The van der Waals surface area contributed by atoms with Gasteiger partial charge >= 0.3 is 0 Å². The summed E-state index contributed by atoms with van der Waals surface area (Å²) in [5.74, 6) is 1.94. The van der Waals surface area contributed by atoms with Crippen molar-refractivity contribution in [2.75, 3.05) is 34.0 Å². The zero-order valence-electron chi connectivity index (χ0n) is 29.9. The minimum atomic E-state index is -1.47. The van der Waals surface area contributed by atoms with Crippen molar-refractivity contribution < 1.29 is 23.3 Å². The van der Waals surface area contributed by atoms with Gasteiger partial charge < -0.3 is 37.7 Å². The standard InChI is InChI=1S/C38H45N6O6P/c1-27(2)44(28(3)4)51(49-23-21-39-5)50-24-22-43-34(42-35-36(43)40-26-41-37(35)45)25-48-38(29-11-9-8-10-12-29,30-13-17-32(46-6)18-14-30)31-15-19-33(47-7)20-16-31/h8-20,26-28H,21-25H2,1-4,6-7H3,(H,40,41,45). The molecule has 0 fully saturated rings. The third-order valence-corrected chi connectivity index (χ3v) is 10.5. The van der Waals surface area contributed by atoms with E-state index in [1.54, 1.807) is 14.2 Å². The van der Waals surface area contributed by atoms with Crippen LogP contribution in [0.15, 0.2) is 90.0 Å². The van der Waals surface area contributed by atoms with Crippen LogP contribution in [0.4, 0.5) is 0 Å². The van der Waals surface area contributed by atoms with Gasteiger partial charge in [-0.2, -0.15) is 0 Å². The van der Waals surface area contributed by atoms with E-state index in [1.165, 1.54) is 6.33 Å². The number of nitrogens with zero attached hydrogens (tertiary/aromatic N) is 5. The molecule has 0 spiro atoms. The fourth-order valence-electron chi connectivity index (χ4n) is 6.10. The van der Waals surface area contributed by atoms with Crippen LogP contribution in [0.5, 0.6) is 11.5 Å². The van der Waals surface area contributed by atoms with E-state index in [9.17, 15) is 4.79 Å². The van der Waals surface area contributed by atoms with Crippen LogP contribution < -0.4 is 15.0 Å². The maximum Gasteiger partial charge on any atom is 0.278 e. The molecule has 2 aromatic heterocycles. The van der Waals surface area contributed by atoms with E-state index in [0.29, 0.717) is 29.5 Å². The van der Waals surface area contributed by atoms with Crippen LogP contribution in [0.3, 0.4) is 0 Å². The Morgan fingerprint density at radius 3 is 1.98 bits per heavy atom. The predicted molar refractivity (Wildman–Crippen MR) is 198 cm³/mol. The number of rotatable bonds is 18. The average molecular weight is 713 g/mol. The Kier molecular flexibility index (Phi) is 12.9. The molecule has 0 saturated heterocycles. The van der Waals surface area contributed by atoms with Crippen molar-refractivity contribution in [1.29, 1.82) is 0 Å². The molecule has 1 N–H and O–H groups in total. The second-order valence-corrected chi connectivity index (χ2v) is 13.7.